The lowest BCUT2D eigenvalue weighted by Crippen LogP contribution is -2.42. The molecular weight excluding hydrogens is 300 g/mol. The Labute approximate surface area is 135 Å². The van der Waals surface area contributed by atoms with Crippen molar-refractivity contribution >= 4 is 17.2 Å². The number of likely N-dealkylation sites (tertiary alicyclic amines) is 1. The summed E-state index contributed by atoms with van der Waals surface area (Å²) in [6.07, 6.45) is 1.89. The standard InChI is InChI=1S/C16H24N2O3S/c1-20-6-4-17-16(19)14-8-13-2-5-18(10-15(13)21-14)9-12-3-7-22-11-12/h3,7,11,13-15H,2,4-6,8-10H2,1H3,(H,17,19)/t13-,14-,15-/m0/s1. The van der Waals surface area contributed by atoms with E-state index in [1.165, 1.54) is 5.56 Å². The first kappa shape index (κ1) is 15.9. The minimum absolute atomic E-state index is 0.0100. The summed E-state index contributed by atoms with van der Waals surface area (Å²) in [6.45, 7) is 4.11. The van der Waals surface area contributed by atoms with E-state index >= 15 is 0 Å². The van der Waals surface area contributed by atoms with Gasteiger partial charge in [0.1, 0.15) is 6.10 Å². The van der Waals surface area contributed by atoms with Crippen LogP contribution in [0.5, 0.6) is 0 Å². The topological polar surface area (TPSA) is 50.8 Å². The number of fused-ring (bicyclic) bond motifs is 1. The number of carbonyl (C=O) groups excluding carboxylic acids is 1. The number of amides is 1. The SMILES string of the molecule is COCCNC(=O)[C@@H]1C[C@@H]2CCN(Cc3ccsc3)C[C@@H]2O1. The van der Waals surface area contributed by atoms with Crippen LogP contribution in [0.3, 0.4) is 0 Å². The fourth-order valence-corrected chi connectivity index (χ4v) is 4.00. The number of thiophene rings is 1. The second kappa shape index (κ2) is 7.55. The molecule has 2 saturated heterocycles. The van der Waals surface area contributed by atoms with Crippen molar-refractivity contribution in [1.82, 2.24) is 10.2 Å². The Morgan fingerprint density at radius 2 is 2.50 bits per heavy atom. The molecule has 1 aromatic heterocycles. The second-order valence-electron chi connectivity index (χ2n) is 6.10. The maximum absolute atomic E-state index is 12.1. The van der Waals surface area contributed by atoms with Crippen molar-refractivity contribution in [3.05, 3.63) is 22.4 Å². The van der Waals surface area contributed by atoms with Crippen molar-refractivity contribution in [2.45, 2.75) is 31.6 Å². The van der Waals surface area contributed by atoms with Crippen LogP contribution in [0, 0.1) is 5.92 Å². The number of piperidine rings is 1. The Bertz CT molecular complexity index is 480. The average molecular weight is 324 g/mol. The molecule has 1 aromatic rings. The van der Waals surface area contributed by atoms with Crippen LogP contribution in [-0.4, -0.2) is 56.4 Å². The van der Waals surface area contributed by atoms with Crippen molar-refractivity contribution in [1.29, 1.82) is 0 Å². The molecular formula is C16H24N2O3S. The van der Waals surface area contributed by atoms with Crippen molar-refractivity contribution in [3.63, 3.8) is 0 Å². The Morgan fingerprint density at radius 1 is 1.59 bits per heavy atom. The molecule has 0 radical (unpaired) electrons. The van der Waals surface area contributed by atoms with Crippen LogP contribution in [0.1, 0.15) is 18.4 Å². The molecule has 0 aliphatic carbocycles. The summed E-state index contributed by atoms with van der Waals surface area (Å²) in [4.78, 5) is 14.5. The third-order valence-electron chi connectivity index (χ3n) is 4.52. The largest absolute Gasteiger partial charge is 0.383 e. The van der Waals surface area contributed by atoms with E-state index in [9.17, 15) is 4.79 Å². The zero-order valence-electron chi connectivity index (χ0n) is 13.0. The Kier molecular flexibility index (Phi) is 5.46. The molecule has 22 heavy (non-hydrogen) atoms. The smallest absolute Gasteiger partial charge is 0.249 e. The normalized spacial score (nSPS) is 28.5. The zero-order chi connectivity index (χ0) is 15.4. The Morgan fingerprint density at radius 3 is 3.27 bits per heavy atom. The molecule has 5 nitrogen and oxygen atoms in total. The van der Waals surface area contributed by atoms with Gasteiger partial charge in [-0.15, -0.1) is 0 Å². The van der Waals surface area contributed by atoms with E-state index < -0.39 is 0 Å². The highest BCUT2D eigenvalue weighted by atomic mass is 32.1. The maximum Gasteiger partial charge on any atom is 0.249 e. The molecule has 1 N–H and O–H groups in total. The van der Waals surface area contributed by atoms with E-state index in [2.05, 4.69) is 27.0 Å². The molecule has 2 aliphatic heterocycles. The van der Waals surface area contributed by atoms with Crippen LogP contribution in [0.15, 0.2) is 16.8 Å². The van der Waals surface area contributed by atoms with Crippen LogP contribution in [-0.2, 0) is 20.8 Å². The molecule has 2 fully saturated rings. The summed E-state index contributed by atoms with van der Waals surface area (Å²) in [6, 6.07) is 2.18. The van der Waals surface area contributed by atoms with Gasteiger partial charge in [0.15, 0.2) is 0 Å². The van der Waals surface area contributed by atoms with Gasteiger partial charge >= 0.3 is 0 Å². The van der Waals surface area contributed by atoms with Gasteiger partial charge in [-0.3, -0.25) is 9.69 Å². The van der Waals surface area contributed by atoms with Gasteiger partial charge in [0.25, 0.3) is 0 Å². The van der Waals surface area contributed by atoms with Gasteiger partial charge in [-0.1, -0.05) is 0 Å². The Hall–Kier alpha value is -0.950. The molecule has 3 atom stereocenters. The molecule has 3 heterocycles. The summed E-state index contributed by atoms with van der Waals surface area (Å²) < 4.78 is 11.0. The number of nitrogens with zero attached hydrogens (tertiary/aromatic N) is 1. The van der Waals surface area contributed by atoms with Crippen LogP contribution in [0.4, 0.5) is 0 Å². The molecule has 0 bridgehead atoms. The first-order valence-electron chi connectivity index (χ1n) is 7.92. The number of ether oxygens (including phenoxy) is 2. The van der Waals surface area contributed by atoms with E-state index in [-0.39, 0.29) is 18.1 Å². The van der Waals surface area contributed by atoms with Gasteiger partial charge < -0.3 is 14.8 Å². The number of nitrogens with one attached hydrogen (secondary N) is 1. The van der Waals surface area contributed by atoms with Gasteiger partial charge in [-0.2, -0.15) is 11.3 Å². The number of hydrogen-bond acceptors (Lipinski definition) is 5. The lowest BCUT2D eigenvalue weighted by atomic mass is 9.91. The van der Waals surface area contributed by atoms with E-state index in [1.807, 2.05) is 0 Å². The van der Waals surface area contributed by atoms with E-state index in [4.69, 9.17) is 9.47 Å². The summed E-state index contributed by atoms with van der Waals surface area (Å²) >= 11 is 1.74. The van der Waals surface area contributed by atoms with Crippen molar-refractivity contribution < 1.29 is 14.3 Å². The lowest BCUT2D eigenvalue weighted by molar-refractivity contribution is -0.133. The lowest BCUT2D eigenvalue weighted by Gasteiger charge is -2.33. The fourth-order valence-electron chi connectivity index (χ4n) is 3.34. The van der Waals surface area contributed by atoms with Crippen LogP contribution in [0.2, 0.25) is 0 Å². The minimum atomic E-state index is -0.284. The number of rotatable bonds is 6. The molecule has 0 spiro atoms. The minimum Gasteiger partial charge on any atom is -0.383 e. The predicted octanol–water partition coefficient (Wildman–Crippen LogP) is 1.49. The van der Waals surface area contributed by atoms with Crippen molar-refractivity contribution in [3.8, 4) is 0 Å². The van der Waals surface area contributed by atoms with Crippen LogP contribution in [0.25, 0.3) is 0 Å². The average Bonchev–Trinajstić information content (AvgIpc) is 3.16. The molecule has 0 aromatic carbocycles. The van der Waals surface area contributed by atoms with Gasteiger partial charge in [-0.25, -0.2) is 0 Å². The fraction of sp³-hybridized carbons (Fsp3) is 0.688. The van der Waals surface area contributed by atoms with Gasteiger partial charge in [0.05, 0.1) is 12.7 Å². The maximum atomic E-state index is 12.1. The first-order chi connectivity index (χ1) is 10.8. The quantitative estimate of drug-likeness (QED) is 0.806. The molecule has 2 aliphatic rings. The van der Waals surface area contributed by atoms with Crippen molar-refractivity contribution in [2.24, 2.45) is 5.92 Å². The highest BCUT2D eigenvalue weighted by Crippen LogP contribution is 2.33. The number of hydrogen-bond donors (Lipinski definition) is 1. The summed E-state index contributed by atoms with van der Waals surface area (Å²) in [5.74, 6) is 0.535. The summed E-state index contributed by atoms with van der Waals surface area (Å²) in [5.41, 5.74) is 1.37. The van der Waals surface area contributed by atoms with Crippen LogP contribution >= 0.6 is 11.3 Å². The highest BCUT2D eigenvalue weighted by Gasteiger charge is 2.41. The highest BCUT2D eigenvalue weighted by molar-refractivity contribution is 7.07. The van der Waals surface area contributed by atoms with E-state index in [0.717, 1.165) is 32.5 Å². The zero-order valence-corrected chi connectivity index (χ0v) is 13.8. The van der Waals surface area contributed by atoms with Gasteiger partial charge in [-0.05, 0) is 47.7 Å². The third kappa shape index (κ3) is 3.87. The Balaban J connectivity index is 1.47. The molecule has 122 valence electrons. The molecule has 0 unspecified atom stereocenters. The van der Waals surface area contributed by atoms with E-state index in [1.54, 1.807) is 18.4 Å². The van der Waals surface area contributed by atoms with Crippen molar-refractivity contribution in [2.75, 3.05) is 33.4 Å². The third-order valence-corrected chi connectivity index (χ3v) is 5.25. The molecule has 6 heteroatoms. The monoisotopic (exact) mass is 324 g/mol. The summed E-state index contributed by atoms with van der Waals surface area (Å²) in [7, 11) is 1.63. The predicted molar refractivity (Wildman–Crippen MR) is 85.9 cm³/mol. The van der Waals surface area contributed by atoms with Gasteiger partial charge in [0.2, 0.25) is 5.91 Å². The van der Waals surface area contributed by atoms with E-state index in [0.29, 0.717) is 19.1 Å². The molecule has 0 saturated carbocycles. The van der Waals surface area contributed by atoms with Gasteiger partial charge in [0, 0.05) is 26.7 Å². The second-order valence-corrected chi connectivity index (χ2v) is 6.88. The number of methoxy groups -OCH3 is 1. The molecule has 3 rings (SSSR count). The summed E-state index contributed by atoms with van der Waals surface area (Å²) in [5, 5.41) is 7.20. The number of carbonyl (C=O) groups is 1. The molecule has 1 amide bonds. The van der Waals surface area contributed by atoms with Crippen LogP contribution < -0.4 is 5.32 Å². The first-order valence-corrected chi connectivity index (χ1v) is 8.86.